The van der Waals surface area contributed by atoms with Gasteiger partial charge in [0.15, 0.2) is 0 Å². The van der Waals surface area contributed by atoms with E-state index in [0.29, 0.717) is 34.1 Å². The Bertz CT molecular complexity index is 1000. The zero-order chi connectivity index (χ0) is 18.1. The summed E-state index contributed by atoms with van der Waals surface area (Å²) in [4.78, 5) is 28.8. The molecule has 6 heteroatoms. The fraction of sp³-hybridized carbons (Fsp3) is 0.150. The van der Waals surface area contributed by atoms with E-state index in [0.717, 1.165) is 0 Å². The molecule has 1 aliphatic rings. The molecular formula is C20H14FNO4. The molecule has 130 valence electrons. The fourth-order valence-electron chi connectivity index (χ4n) is 2.89. The third-order valence-corrected chi connectivity index (χ3v) is 4.21. The Morgan fingerprint density at radius 3 is 2.65 bits per heavy atom. The van der Waals surface area contributed by atoms with Crippen LogP contribution >= 0.6 is 0 Å². The Kier molecular flexibility index (Phi) is 4.08. The van der Waals surface area contributed by atoms with Crippen molar-refractivity contribution in [1.82, 2.24) is 4.98 Å². The van der Waals surface area contributed by atoms with E-state index in [1.165, 1.54) is 12.1 Å². The van der Waals surface area contributed by atoms with Crippen molar-refractivity contribution < 1.29 is 23.5 Å². The van der Waals surface area contributed by atoms with Gasteiger partial charge in [-0.15, -0.1) is 0 Å². The molecule has 1 unspecified atom stereocenters. The quantitative estimate of drug-likeness (QED) is 0.676. The van der Waals surface area contributed by atoms with Gasteiger partial charge in [-0.05, 0) is 36.4 Å². The summed E-state index contributed by atoms with van der Waals surface area (Å²) in [6, 6.07) is 14.6. The molecule has 0 amide bonds. The molecular weight excluding hydrogens is 337 g/mol. The first-order valence-corrected chi connectivity index (χ1v) is 8.15. The first-order valence-electron chi connectivity index (χ1n) is 8.15. The molecule has 1 aliphatic heterocycles. The number of hydrogen-bond donors (Lipinski definition) is 0. The summed E-state index contributed by atoms with van der Waals surface area (Å²) in [6.07, 6.45) is -0.540. The van der Waals surface area contributed by atoms with Gasteiger partial charge in [0.2, 0.25) is 6.10 Å². The number of rotatable bonds is 3. The largest absolute Gasteiger partial charge is 0.463 e. The van der Waals surface area contributed by atoms with Crippen LogP contribution in [0.5, 0.6) is 0 Å². The predicted octanol–water partition coefficient (Wildman–Crippen LogP) is 3.51. The maximum Gasteiger partial charge on any atom is 0.347 e. The molecule has 0 spiro atoms. The van der Waals surface area contributed by atoms with Crippen LogP contribution < -0.4 is 0 Å². The molecule has 0 aliphatic carbocycles. The van der Waals surface area contributed by atoms with E-state index in [9.17, 15) is 14.0 Å². The SMILES string of the molecule is O=C(OC1CCOC1=O)c1cc(-c2ccc(F)cc2)nc2ccccc12. The summed E-state index contributed by atoms with van der Waals surface area (Å²) in [5.41, 5.74) is 2.10. The van der Waals surface area contributed by atoms with Gasteiger partial charge in [-0.3, -0.25) is 0 Å². The van der Waals surface area contributed by atoms with Crippen LogP contribution in [-0.4, -0.2) is 29.6 Å². The molecule has 1 aromatic heterocycles. The minimum absolute atomic E-state index is 0.245. The summed E-state index contributed by atoms with van der Waals surface area (Å²) >= 11 is 0. The van der Waals surface area contributed by atoms with Crippen LogP contribution in [0.15, 0.2) is 54.6 Å². The maximum absolute atomic E-state index is 13.2. The summed E-state index contributed by atoms with van der Waals surface area (Å²) < 4.78 is 23.3. The number of cyclic esters (lactones) is 1. The number of para-hydroxylation sites is 1. The Labute approximate surface area is 148 Å². The zero-order valence-electron chi connectivity index (χ0n) is 13.6. The first kappa shape index (κ1) is 16.2. The lowest BCUT2D eigenvalue weighted by Gasteiger charge is -2.12. The van der Waals surface area contributed by atoms with Crippen molar-refractivity contribution in [2.75, 3.05) is 6.61 Å². The fourth-order valence-corrected chi connectivity index (χ4v) is 2.89. The highest BCUT2D eigenvalue weighted by atomic mass is 19.1. The number of benzene rings is 2. The monoisotopic (exact) mass is 351 g/mol. The van der Waals surface area contributed by atoms with Crippen molar-refractivity contribution >= 4 is 22.8 Å². The molecule has 0 N–H and O–H groups in total. The Morgan fingerprint density at radius 2 is 1.92 bits per heavy atom. The smallest absolute Gasteiger partial charge is 0.347 e. The maximum atomic E-state index is 13.2. The highest BCUT2D eigenvalue weighted by molar-refractivity contribution is 6.05. The lowest BCUT2D eigenvalue weighted by atomic mass is 10.0. The van der Waals surface area contributed by atoms with E-state index in [4.69, 9.17) is 9.47 Å². The van der Waals surface area contributed by atoms with Gasteiger partial charge in [-0.25, -0.2) is 19.0 Å². The Hall–Kier alpha value is -3.28. The van der Waals surface area contributed by atoms with Crippen LogP contribution in [0.4, 0.5) is 4.39 Å². The molecule has 0 radical (unpaired) electrons. The van der Waals surface area contributed by atoms with Crippen LogP contribution in [-0.2, 0) is 14.3 Å². The number of carbonyl (C=O) groups excluding carboxylic acids is 2. The van der Waals surface area contributed by atoms with Crippen molar-refractivity contribution in [3.63, 3.8) is 0 Å². The standard InChI is InChI=1S/C20H14FNO4/c21-13-7-5-12(6-8-13)17-11-15(14-3-1-2-4-16(14)22-17)19(23)26-18-9-10-25-20(18)24/h1-8,11,18H,9-10H2. The number of hydrogen-bond acceptors (Lipinski definition) is 5. The van der Waals surface area contributed by atoms with Gasteiger partial charge in [0, 0.05) is 17.4 Å². The van der Waals surface area contributed by atoms with Crippen molar-refractivity contribution in [2.45, 2.75) is 12.5 Å². The summed E-state index contributed by atoms with van der Waals surface area (Å²) in [5, 5.41) is 0.620. The highest BCUT2D eigenvalue weighted by Gasteiger charge is 2.31. The third-order valence-electron chi connectivity index (χ3n) is 4.21. The number of fused-ring (bicyclic) bond motifs is 1. The zero-order valence-corrected chi connectivity index (χ0v) is 13.6. The summed E-state index contributed by atoms with van der Waals surface area (Å²) in [6.45, 7) is 0.245. The normalized spacial score (nSPS) is 16.5. The van der Waals surface area contributed by atoms with Gasteiger partial charge in [0.25, 0.3) is 0 Å². The Morgan fingerprint density at radius 1 is 1.15 bits per heavy atom. The molecule has 4 rings (SSSR count). The van der Waals surface area contributed by atoms with Crippen LogP contribution in [0.3, 0.4) is 0 Å². The lowest BCUT2D eigenvalue weighted by molar-refractivity contribution is -0.145. The predicted molar refractivity (Wildman–Crippen MR) is 91.9 cm³/mol. The second kappa shape index (κ2) is 6.55. The molecule has 0 saturated carbocycles. The number of nitrogens with zero attached hydrogens (tertiary/aromatic N) is 1. The number of aromatic nitrogens is 1. The molecule has 0 bridgehead atoms. The molecule has 2 heterocycles. The minimum atomic E-state index is -0.885. The van der Waals surface area contributed by atoms with Crippen LogP contribution in [0.1, 0.15) is 16.8 Å². The van der Waals surface area contributed by atoms with E-state index in [-0.39, 0.29) is 12.4 Å². The number of ether oxygens (including phenoxy) is 2. The number of pyridine rings is 1. The topological polar surface area (TPSA) is 65.5 Å². The van der Waals surface area contributed by atoms with Crippen LogP contribution in [0.2, 0.25) is 0 Å². The second-order valence-electron chi connectivity index (χ2n) is 5.93. The second-order valence-corrected chi connectivity index (χ2v) is 5.93. The molecule has 1 saturated heterocycles. The molecule has 2 aromatic carbocycles. The van der Waals surface area contributed by atoms with Crippen LogP contribution in [0, 0.1) is 5.82 Å². The molecule has 3 aromatic rings. The number of carbonyl (C=O) groups is 2. The number of halogens is 1. The lowest BCUT2D eigenvalue weighted by Crippen LogP contribution is -2.23. The van der Waals surface area contributed by atoms with E-state index in [1.807, 2.05) is 6.07 Å². The van der Waals surface area contributed by atoms with E-state index in [2.05, 4.69) is 4.98 Å². The van der Waals surface area contributed by atoms with Crippen molar-refractivity contribution in [2.24, 2.45) is 0 Å². The first-order chi connectivity index (χ1) is 12.6. The van der Waals surface area contributed by atoms with Crippen molar-refractivity contribution in [3.8, 4) is 11.3 Å². The van der Waals surface area contributed by atoms with Gasteiger partial charge in [0.05, 0.1) is 23.4 Å². The third kappa shape index (κ3) is 3.01. The minimum Gasteiger partial charge on any atom is -0.463 e. The van der Waals surface area contributed by atoms with E-state index in [1.54, 1.807) is 36.4 Å². The molecule has 26 heavy (non-hydrogen) atoms. The molecule has 1 fully saturated rings. The average molecular weight is 351 g/mol. The van der Waals surface area contributed by atoms with Crippen LogP contribution in [0.25, 0.3) is 22.2 Å². The van der Waals surface area contributed by atoms with Gasteiger partial charge in [-0.1, -0.05) is 18.2 Å². The molecule has 5 nitrogen and oxygen atoms in total. The summed E-state index contributed by atoms with van der Waals surface area (Å²) in [5.74, 6) is -1.50. The van der Waals surface area contributed by atoms with Gasteiger partial charge in [-0.2, -0.15) is 0 Å². The van der Waals surface area contributed by atoms with Gasteiger partial charge >= 0.3 is 11.9 Å². The molecule has 1 atom stereocenters. The Balaban J connectivity index is 1.78. The average Bonchev–Trinajstić information content (AvgIpc) is 3.06. The van der Waals surface area contributed by atoms with Crippen molar-refractivity contribution in [3.05, 3.63) is 66.0 Å². The van der Waals surface area contributed by atoms with Gasteiger partial charge in [0.1, 0.15) is 5.82 Å². The highest BCUT2D eigenvalue weighted by Crippen LogP contribution is 2.26. The number of esters is 2. The van der Waals surface area contributed by atoms with E-state index >= 15 is 0 Å². The van der Waals surface area contributed by atoms with Crippen molar-refractivity contribution in [1.29, 1.82) is 0 Å². The summed E-state index contributed by atoms with van der Waals surface area (Å²) in [7, 11) is 0. The van der Waals surface area contributed by atoms with E-state index < -0.39 is 18.0 Å². The van der Waals surface area contributed by atoms with Gasteiger partial charge < -0.3 is 9.47 Å².